The highest BCUT2D eigenvalue weighted by Gasteiger charge is 2.21. The van der Waals surface area contributed by atoms with Gasteiger partial charge in [0.1, 0.15) is 17.0 Å². The Morgan fingerprint density at radius 2 is 1.96 bits per heavy atom. The second kappa shape index (κ2) is 7.46. The van der Waals surface area contributed by atoms with Crippen LogP contribution in [-0.2, 0) is 6.54 Å². The zero-order chi connectivity index (χ0) is 18.8. The van der Waals surface area contributed by atoms with E-state index in [2.05, 4.69) is 20.8 Å². The summed E-state index contributed by atoms with van der Waals surface area (Å²) >= 11 is 3.27. The predicted octanol–water partition coefficient (Wildman–Crippen LogP) is 5.07. The van der Waals surface area contributed by atoms with Gasteiger partial charge in [-0.05, 0) is 26.0 Å². The van der Waals surface area contributed by atoms with Gasteiger partial charge in [-0.15, -0.1) is 22.7 Å². The lowest BCUT2D eigenvalue weighted by molar-refractivity contribution is 0.0950. The Hall–Kier alpha value is -2.77. The first-order valence-corrected chi connectivity index (χ1v) is 10.1. The molecule has 0 spiro atoms. The Balaban J connectivity index is 1.49. The summed E-state index contributed by atoms with van der Waals surface area (Å²) in [6.07, 6.45) is 0. The van der Waals surface area contributed by atoms with Crippen molar-refractivity contribution in [1.29, 1.82) is 0 Å². The molecule has 0 saturated carbocycles. The molecule has 136 valence electrons. The smallest absolute Gasteiger partial charge is 0.257 e. The topological polar surface area (TPSA) is 68.0 Å². The molecule has 0 aliphatic rings. The molecule has 27 heavy (non-hydrogen) atoms. The lowest BCUT2D eigenvalue weighted by Gasteiger charge is -2.04. The molecule has 4 aromatic rings. The molecule has 0 bridgehead atoms. The number of carbonyl (C=O) groups excluding carboxylic acids is 1. The van der Waals surface area contributed by atoms with E-state index >= 15 is 0 Å². The Bertz CT molecular complexity index is 1080. The van der Waals surface area contributed by atoms with E-state index in [9.17, 15) is 4.79 Å². The van der Waals surface area contributed by atoms with Crippen molar-refractivity contribution in [2.24, 2.45) is 0 Å². The van der Waals surface area contributed by atoms with Crippen LogP contribution in [0.15, 0.2) is 52.4 Å². The van der Waals surface area contributed by atoms with Crippen molar-refractivity contribution >= 4 is 28.6 Å². The van der Waals surface area contributed by atoms with E-state index in [1.54, 1.807) is 29.6 Å². The number of amides is 1. The second-order valence-corrected chi connectivity index (χ2v) is 8.26. The molecule has 1 aromatic carbocycles. The lowest BCUT2D eigenvalue weighted by Crippen LogP contribution is -2.23. The highest BCUT2D eigenvalue weighted by Crippen LogP contribution is 2.29. The summed E-state index contributed by atoms with van der Waals surface area (Å²) in [5.41, 5.74) is 2.89. The summed E-state index contributed by atoms with van der Waals surface area (Å²) in [6, 6.07) is 13.6. The summed E-state index contributed by atoms with van der Waals surface area (Å²) < 4.78 is 5.27. The molecule has 4 rings (SSSR count). The number of carbonyl (C=O) groups is 1. The third-order valence-corrected chi connectivity index (χ3v) is 5.97. The number of thiazole rings is 1. The zero-order valence-electron chi connectivity index (χ0n) is 14.9. The number of rotatable bonds is 5. The van der Waals surface area contributed by atoms with E-state index in [4.69, 9.17) is 4.52 Å². The van der Waals surface area contributed by atoms with E-state index in [1.165, 1.54) is 0 Å². The molecule has 0 unspecified atom stereocenters. The monoisotopic (exact) mass is 395 g/mol. The van der Waals surface area contributed by atoms with Crippen molar-refractivity contribution < 1.29 is 9.32 Å². The normalized spacial score (nSPS) is 10.9. The first-order chi connectivity index (χ1) is 13.1. The maximum absolute atomic E-state index is 12.8. The molecular formula is C20H17N3O2S2. The number of aryl methyl sites for hydroxylation is 2. The van der Waals surface area contributed by atoms with Crippen molar-refractivity contribution in [1.82, 2.24) is 15.5 Å². The zero-order valence-corrected chi connectivity index (χ0v) is 16.5. The minimum absolute atomic E-state index is 0.188. The number of nitrogens with one attached hydrogen (secondary N) is 1. The number of nitrogens with zero attached hydrogens (tertiary/aromatic N) is 2. The molecular weight excluding hydrogens is 378 g/mol. The van der Waals surface area contributed by atoms with Gasteiger partial charge in [-0.1, -0.05) is 35.5 Å². The first kappa shape index (κ1) is 17.6. The van der Waals surface area contributed by atoms with Crippen molar-refractivity contribution in [3.05, 3.63) is 69.1 Å². The summed E-state index contributed by atoms with van der Waals surface area (Å²) in [7, 11) is 0. The van der Waals surface area contributed by atoms with Gasteiger partial charge in [0.2, 0.25) is 0 Å². The van der Waals surface area contributed by atoms with Gasteiger partial charge in [0, 0.05) is 15.8 Å². The van der Waals surface area contributed by atoms with Crippen LogP contribution in [-0.4, -0.2) is 16.0 Å². The van der Waals surface area contributed by atoms with Gasteiger partial charge in [0.25, 0.3) is 5.91 Å². The standard InChI is InChI=1S/C20H17N3O2S2/c1-12-18(19(23-25-12)14-6-4-3-5-7-14)20(24)21-10-15-8-9-17(27-15)16-11-26-13(2)22-16/h3-9,11H,10H2,1-2H3,(H,21,24). The second-order valence-electron chi connectivity index (χ2n) is 6.03. The van der Waals surface area contributed by atoms with Crippen LogP contribution in [0.1, 0.15) is 26.0 Å². The van der Waals surface area contributed by atoms with Crippen LogP contribution in [0.25, 0.3) is 21.8 Å². The fourth-order valence-electron chi connectivity index (χ4n) is 2.78. The van der Waals surface area contributed by atoms with Gasteiger partial charge in [0.05, 0.1) is 22.1 Å². The number of hydrogen-bond donors (Lipinski definition) is 1. The predicted molar refractivity (Wildman–Crippen MR) is 108 cm³/mol. The van der Waals surface area contributed by atoms with Crippen molar-refractivity contribution in [2.45, 2.75) is 20.4 Å². The molecule has 0 fully saturated rings. The Morgan fingerprint density at radius 1 is 1.15 bits per heavy atom. The Labute approximate surface area is 164 Å². The Kier molecular flexibility index (Phi) is 4.87. The Morgan fingerprint density at radius 3 is 2.70 bits per heavy atom. The number of aromatic nitrogens is 2. The SMILES string of the molecule is Cc1nc(-c2ccc(CNC(=O)c3c(-c4ccccc4)noc3C)s2)cs1. The largest absolute Gasteiger partial charge is 0.360 e. The lowest BCUT2D eigenvalue weighted by atomic mass is 10.1. The van der Waals surface area contributed by atoms with Gasteiger partial charge in [-0.25, -0.2) is 4.98 Å². The molecule has 1 N–H and O–H groups in total. The van der Waals surface area contributed by atoms with Gasteiger partial charge >= 0.3 is 0 Å². The van der Waals surface area contributed by atoms with E-state index in [1.807, 2.05) is 49.4 Å². The van der Waals surface area contributed by atoms with Crippen LogP contribution in [0.2, 0.25) is 0 Å². The average molecular weight is 396 g/mol. The minimum atomic E-state index is -0.188. The van der Waals surface area contributed by atoms with Gasteiger partial charge in [-0.2, -0.15) is 0 Å². The number of thiophene rings is 1. The summed E-state index contributed by atoms with van der Waals surface area (Å²) in [5.74, 6) is 0.322. The highest BCUT2D eigenvalue weighted by molar-refractivity contribution is 7.16. The molecule has 0 aliphatic heterocycles. The summed E-state index contributed by atoms with van der Waals surface area (Å²) in [4.78, 5) is 19.4. The first-order valence-electron chi connectivity index (χ1n) is 8.43. The van der Waals surface area contributed by atoms with E-state index in [0.717, 1.165) is 26.0 Å². The fourth-order valence-corrected chi connectivity index (χ4v) is 4.37. The molecule has 3 aromatic heterocycles. The molecule has 0 saturated heterocycles. The van der Waals surface area contributed by atoms with E-state index < -0.39 is 0 Å². The van der Waals surface area contributed by atoms with Gasteiger partial charge in [0.15, 0.2) is 0 Å². The minimum Gasteiger partial charge on any atom is -0.360 e. The third-order valence-electron chi connectivity index (χ3n) is 4.09. The van der Waals surface area contributed by atoms with Crippen LogP contribution >= 0.6 is 22.7 Å². The number of hydrogen-bond acceptors (Lipinski definition) is 6. The molecule has 7 heteroatoms. The van der Waals surface area contributed by atoms with Crippen LogP contribution in [0.5, 0.6) is 0 Å². The summed E-state index contributed by atoms with van der Waals surface area (Å²) in [6.45, 7) is 4.20. The quantitative estimate of drug-likeness (QED) is 0.512. The molecule has 0 aliphatic carbocycles. The van der Waals surface area contributed by atoms with Gasteiger partial charge < -0.3 is 9.84 Å². The molecule has 3 heterocycles. The van der Waals surface area contributed by atoms with Crippen LogP contribution < -0.4 is 5.32 Å². The van der Waals surface area contributed by atoms with Crippen LogP contribution in [0.4, 0.5) is 0 Å². The molecule has 0 radical (unpaired) electrons. The highest BCUT2D eigenvalue weighted by atomic mass is 32.1. The molecule has 5 nitrogen and oxygen atoms in total. The van der Waals surface area contributed by atoms with E-state index in [0.29, 0.717) is 23.6 Å². The van der Waals surface area contributed by atoms with Crippen LogP contribution in [0.3, 0.4) is 0 Å². The molecule has 0 atom stereocenters. The van der Waals surface area contributed by atoms with Gasteiger partial charge in [-0.3, -0.25) is 4.79 Å². The fraction of sp³-hybridized carbons (Fsp3) is 0.150. The van der Waals surface area contributed by atoms with E-state index in [-0.39, 0.29) is 5.91 Å². The van der Waals surface area contributed by atoms with Crippen LogP contribution in [0, 0.1) is 13.8 Å². The van der Waals surface area contributed by atoms with Crippen molar-refractivity contribution in [3.63, 3.8) is 0 Å². The molecule has 1 amide bonds. The van der Waals surface area contributed by atoms with Crippen molar-refractivity contribution in [2.75, 3.05) is 0 Å². The summed E-state index contributed by atoms with van der Waals surface area (Å²) in [5, 5.41) is 10.1. The third kappa shape index (κ3) is 3.70. The number of benzene rings is 1. The van der Waals surface area contributed by atoms with Crippen molar-refractivity contribution in [3.8, 4) is 21.8 Å². The maximum atomic E-state index is 12.8. The average Bonchev–Trinajstić information content (AvgIpc) is 3.40. The maximum Gasteiger partial charge on any atom is 0.257 e.